The van der Waals surface area contributed by atoms with Crippen LogP contribution < -0.4 is 5.32 Å². The van der Waals surface area contributed by atoms with E-state index in [9.17, 15) is 13.2 Å². The second kappa shape index (κ2) is 7.82. The third-order valence-corrected chi connectivity index (χ3v) is 6.92. The van der Waals surface area contributed by atoms with Gasteiger partial charge in [-0.2, -0.15) is 4.31 Å². The van der Waals surface area contributed by atoms with Crippen LogP contribution in [0, 0.1) is 0 Å². The summed E-state index contributed by atoms with van der Waals surface area (Å²) in [5.41, 5.74) is 0.266. The SMILES string of the molecule is O=C(Nc1ncc(Cl)s1)c1cccc(S(=O)(=O)N2CCCCCC2)c1. The zero-order valence-corrected chi connectivity index (χ0v) is 15.8. The summed E-state index contributed by atoms with van der Waals surface area (Å²) in [4.78, 5) is 16.4. The minimum Gasteiger partial charge on any atom is -0.298 e. The van der Waals surface area contributed by atoms with Crippen molar-refractivity contribution in [2.45, 2.75) is 30.6 Å². The van der Waals surface area contributed by atoms with Gasteiger partial charge in [0.2, 0.25) is 10.0 Å². The maximum absolute atomic E-state index is 12.8. The normalized spacial score (nSPS) is 16.4. The number of rotatable bonds is 4. The van der Waals surface area contributed by atoms with Gasteiger partial charge in [0.1, 0.15) is 4.34 Å². The van der Waals surface area contributed by atoms with Gasteiger partial charge in [-0.15, -0.1) is 0 Å². The van der Waals surface area contributed by atoms with Crippen molar-refractivity contribution in [2.75, 3.05) is 18.4 Å². The van der Waals surface area contributed by atoms with Gasteiger partial charge in [-0.1, -0.05) is 41.8 Å². The largest absolute Gasteiger partial charge is 0.298 e. The fourth-order valence-corrected chi connectivity index (χ4v) is 5.08. The molecule has 1 aromatic carbocycles. The van der Waals surface area contributed by atoms with E-state index >= 15 is 0 Å². The Labute approximate surface area is 155 Å². The van der Waals surface area contributed by atoms with Gasteiger partial charge < -0.3 is 0 Å². The van der Waals surface area contributed by atoms with E-state index in [1.165, 1.54) is 22.6 Å². The van der Waals surface area contributed by atoms with E-state index < -0.39 is 15.9 Å². The molecule has 2 aromatic rings. The van der Waals surface area contributed by atoms with Gasteiger partial charge in [-0.05, 0) is 31.0 Å². The number of carbonyl (C=O) groups is 1. The number of nitrogens with zero attached hydrogens (tertiary/aromatic N) is 2. The Bertz CT molecular complexity index is 859. The van der Waals surface area contributed by atoms with E-state index in [2.05, 4.69) is 10.3 Å². The fourth-order valence-electron chi connectivity index (χ4n) is 2.71. The first kappa shape index (κ1) is 18.3. The molecule has 1 N–H and O–H groups in total. The van der Waals surface area contributed by atoms with Crippen LogP contribution in [0.25, 0.3) is 0 Å². The average molecular weight is 400 g/mol. The predicted octanol–water partition coefficient (Wildman–Crippen LogP) is 3.61. The average Bonchev–Trinajstić information content (AvgIpc) is 2.85. The molecule has 0 bridgehead atoms. The van der Waals surface area contributed by atoms with Crippen molar-refractivity contribution in [1.29, 1.82) is 0 Å². The topological polar surface area (TPSA) is 79.4 Å². The lowest BCUT2D eigenvalue weighted by molar-refractivity contribution is 0.102. The lowest BCUT2D eigenvalue weighted by atomic mass is 10.2. The Morgan fingerprint density at radius 3 is 2.56 bits per heavy atom. The van der Waals surface area contributed by atoms with E-state index in [1.807, 2.05) is 0 Å². The van der Waals surface area contributed by atoms with Gasteiger partial charge in [-0.25, -0.2) is 13.4 Å². The highest BCUT2D eigenvalue weighted by Gasteiger charge is 2.25. The molecule has 1 aliphatic heterocycles. The van der Waals surface area contributed by atoms with Crippen molar-refractivity contribution < 1.29 is 13.2 Å². The number of hydrogen-bond acceptors (Lipinski definition) is 5. The number of thiazole rings is 1. The van der Waals surface area contributed by atoms with Gasteiger partial charge in [0.05, 0.1) is 11.1 Å². The van der Waals surface area contributed by atoms with Crippen LogP contribution in [0.4, 0.5) is 5.13 Å². The molecule has 0 saturated carbocycles. The molecule has 1 aliphatic rings. The molecule has 2 heterocycles. The van der Waals surface area contributed by atoms with E-state index in [-0.39, 0.29) is 10.5 Å². The number of carbonyl (C=O) groups excluding carboxylic acids is 1. The summed E-state index contributed by atoms with van der Waals surface area (Å²) in [5, 5.41) is 2.99. The van der Waals surface area contributed by atoms with Crippen LogP contribution in [0.1, 0.15) is 36.0 Å². The molecule has 0 radical (unpaired) electrons. The molecular weight excluding hydrogens is 382 g/mol. The summed E-state index contributed by atoms with van der Waals surface area (Å²) >= 11 is 6.94. The number of hydrogen-bond donors (Lipinski definition) is 1. The third kappa shape index (κ3) is 4.38. The summed E-state index contributed by atoms with van der Waals surface area (Å²) < 4.78 is 27.7. The van der Waals surface area contributed by atoms with Gasteiger partial charge in [0, 0.05) is 18.7 Å². The second-order valence-electron chi connectivity index (χ2n) is 5.77. The zero-order chi connectivity index (χ0) is 17.9. The third-order valence-electron chi connectivity index (χ3n) is 4.00. The van der Waals surface area contributed by atoms with Crippen LogP contribution in [0.15, 0.2) is 35.4 Å². The standard InChI is InChI=1S/C16H18ClN3O3S2/c17-14-11-18-16(24-14)19-15(21)12-6-5-7-13(10-12)25(22,23)20-8-3-1-2-4-9-20/h5-7,10-11H,1-4,8-9H2,(H,18,19,21). The summed E-state index contributed by atoms with van der Waals surface area (Å²) in [6.07, 6.45) is 5.27. The highest BCUT2D eigenvalue weighted by atomic mass is 35.5. The smallest absolute Gasteiger partial charge is 0.257 e. The Kier molecular flexibility index (Phi) is 5.73. The van der Waals surface area contributed by atoms with E-state index in [0.29, 0.717) is 22.6 Å². The maximum Gasteiger partial charge on any atom is 0.257 e. The quantitative estimate of drug-likeness (QED) is 0.851. The molecule has 0 unspecified atom stereocenters. The molecule has 0 atom stereocenters. The van der Waals surface area contributed by atoms with Crippen LogP contribution in [0.3, 0.4) is 0 Å². The van der Waals surface area contributed by atoms with Crippen molar-refractivity contribution in [3.8, 4) is 0 Å². The molecule has 9 heteroatoms. The minimum absolute atomic E-state index is 0.138. The predicted molar refractivity (Wildman–Crippen MR) is 98.7 cm³/mol. The summed E-state index contributed by atoms with van der Waals surface area (Å²) in [6.45, 7) is 1.05. The number of sulfonamides is 1. The maximum atomic E-state index is 12.8. The van der Waals surface area contributed by atoms with Crippen molar-refractivity contribution in [3.05, 3.63) is 40.4 Å². The lowest BCUT2D eigenvalue weighted by Gasteiger charge is -2.20. The molecular formula is C16H18ClN3O3S2. The molecule has 1 amide bonds. The van der Waals surface area contributed by atoms with Crippen LogP contribution in [0.5, 0.6) is 0 Å². The molecule has 0 aliphatic carbocycles. The highest BCUT2D eigenvalue weighted by Crippen LogP contribution is 2.24. The molecule has 1 saturated heterocycles. The zero-order valence-electron chi connectivity index (χ0n) is 13.4. The first-order valence-electron chi connectivity index (χ1n) is 8.00. The Hall–Kier alpha value is -1.48. The summed E-state index contributed by atoms with van der Waals surface area (Å²) in [6, 6.07) is 6.09. The molecule has 0 spiro atoms. The second-order valence-corrected chi connectivity index (χ2v) is 9.37. The van der Waals surface area contributed by atoms with E-state index in [4.69, 9.17) is 11.6 Å². The number of benzene rings is 1. The van der Waals surface area contributed by atoms with E-state index in [0.717, 1.165) is 37.0 Å². The van der Waals surface area contributed by atoms with Gasteiger partial charge >= 0.3 is 0 Å². The Morgan fingerprint density at radius 2 is 1.92 bits per heavy atom. The molecule has 1 aromatic heterocycles. The molecule has 25 heavy (non-hydrogen) atoms. The van der Waals surface area contributed by atoms with Crippen molar-refractivity contribution in [3.63, 3.8) is 0 Å². The first-order chi connectivity index (χ1) is 12.0. The van der Waals surface area contributed by atoms with Crippen LogP contribution in [0.2, 0.25) is 4.34 Å². The molecule has 134 valence electrons. The Morgan fingerprint density at radius 1 is 1.20 bits per heavy atom. The van der Waals surface area contributed by atoms with Crippen molar-refractivity contribution in [2.24, 2.45) is 0 Å². The Balaban J connectivity index is 1.81. The molecule has 6 nitrogen and oxygen atoms in total. The fraction of sp³-hybridized carbons (Fsp3) is 0.375. The number of amides is 1. The highest BCUT2D eigenvalue weighted by molar-refractivity contribution is 7.89. The van der Waals surface area contributed by atoms with Gasteiger partial charge in [-0.3, -0.25) is 10.1 Å². The summed E-state index contributed by atoms with van der Waals surface area (Å²) in [7, 11) is -3.59. The molecule has 1 fully saturated rings. The summed E-state index contributed by atoms with van der Waals surface area (Å²) in [5.74, 6) is -0.418. The van der Waals surface area contributed by atoms with E-state index in [1.54, 1.807) is 12.1 Å². The lowest BCUT2D eigenvalue weighted by Crippen LogP contribution is -2.32. The van der Waals surface area contributed by atoms with Crippen molar-refractivity contribution in [1.82, 2.24) is 9.29 Å². The number of nitrogens with one attached hydrogen (secondary N) is 1. The minimum atomic E-state index is -3.59. The first-order valence-corrected chi connectivity index (χ1v) is 10.6. The number of halogens is 1. The van der Waals surface area contributed by atoms with Crippen LogP contribution in [-0.4, -0.2) is 36.7 Å². The monoisotopic (exact) mass is 399 g/mol. The van der Waals surface area contributed by atoms with Gasteiger partial charge in [0.25, 0.3) is 5.91 Å². The van der Waals surface area contributed by atoms with Crippen LogP contribution >= 0.6 is 22.9 Å². The number of anilines is 1. The van der Waals surface area contributed by atoms with Crippen molar-refractivity contribution >= 4 is 44.0 Å². The number of aromatic nitrogens is 1. The van der Waals surface area contributed by atoms with Crippen LogP contribution in [-0.2, 0) is 10.0 Å². The van der Waals surface area contributed by atoms with Gasteiger partial charge in [0.15, 0.2) is 5.13 Å². The molecule has 3 rings (SSSR count).